The first-order valence-electron chi connectivity index (χ1n) is 15.0. The van der Waals surface area contributed by atoms with Gasteiger partial charge in [-0.1, -0.05) is 12.6 Å². The van der Waals surface area contributed by atoms with Gasteiger partial charge in [-0.15, -0.1) is 11.3 Å². The van der Waals surface area contributed by atoms with Gasteiger partial charge in [0.25, 0.3) is 5.91 Å². The van der Waals surface area contributed by atoms with Gasteiger partial charge in [0, 0.05) is 31.7 Å². The molecule has 4 aromatic rings. The number of carbonyl (C=O) groups excluding carboxylic acids is 2. The number of nitrogens with zero attached hydrogens (tertiary/aromatic N) is 4. The van der Waals surface area contributed by atoms with E-state index in [0.717, 1.165) is 86.1 Å². The summed E-state index contributed by atoms with van der Waals surface area (Å²) in [6.45, 7) is 5.88. The number of imidazole rings is 1. The third kappa shape index (κ3) is 5.52. The molecule has 3 fully saturated rings. The number of anilines is 1. The van der Waals surface area contributed by atoms with Gasteiger partial charge in [0.1, 0.15) is 0 Å². The molecule has 1 aromatic carbocycles. The summed E-state index contributed by atoms with van der Waals surface area (Å²) in [6, 6.07) is 10.6. The molecule has 3 N–H and O–H groups in total. The Morgan fingerprint density at radius 3 is 2.79 bits per heavy atom. The smallest absolute Gasteiger partial charge is 0.268 e. The molecule has 11 heteroatoms. The number of amides is 2. The number of likely N-dealkylation sites (tertiary alicyclic amines) is 1. The molecular formula is C32H36N6O4S. The highest BCUT2D eigenvalue weighted by atomic mass is 32.1. The summed E-state index contributed by atoms with van der Waals surface area (Å²) in [6.07, 6.45) is 10.7. The van der Waals surface area contributed by atoms with E-state index in [9.17, 15) is 14.7 Å². The average molecular weight is 601 g/mol. The van der Waals surface area contributed by atoms with E-state index in [1.54, 1.807) is 12.3 Å². The number of carbonyl (C=O) groups is 2. The van der Waals surface area contributed by atoms with E-state index in [1.165, 1.54) is 23.8 Å². The van der Waals surface area contributed by atoms with Gasteiger partial charge in [0.2, 0.25) is 11.9 Å². The summed E-state index contributed by atoms with van der Waals surface area (Å²) in [5, 5.41) is 16.6. The van der Waals surface area contributed by atoms with Crippen LogP contribution >= 0.6 is 11.3 Å². The quantitative estimate of drug-likeness (QED) is 0.239. The Hall–Kier alpha value is -3.80. The van der Waals surface area contributed by atoms with Crippen molar-refractivity contribution in [2.45, 2.75) is 69.7 Å². The lowest BCUT2D eigenvalue weighted by Crippen LogP contribution is -2.42. The SMILES string of the molecule is C=CC(=O)N1CC[C@]2(C1)C[C@H](n1c(NC(=O)c3ccc(-c4cnco4)s3)nc3cc(CN[C@H]4CC[C@H](O)CC4)ccc31)C2. The molecule has 0 atom stereocenters. The van der Waals surface area contributed by atoms with Crippen molar-refractivity contribution in [3.05, 3.63) is 66.0 Å². The van der Waals surface area contributed by atoms with Crippen molar-refractivity contribution in [2.75, 3.05) is 18.4 Å². The molecule has 224 valence electrons. The van der Waals surface area contributed by atoms with E-state index >= 15 is 0 Å². The molecule has 2 saturated carbocycles. The van der Waals surface area contributed by atoms with Crippen LogP contribution in [0, 0.1) is 5.41 Å². The maximum Gasteiger partial charge on any atom is 0.268 e. The molecule has 3 aliphatic rings. The van der Waals surface area contributed by atoms with Crippen molar-refractivity contribution in [2.24, 2.45) is 5.41 Å². The molecule has 10 nitrogen and oxygen atoms in total. The summed E-state index contributed by atoms with van der Waals surface area (Å²) in [7, 11) is 0. The predicted octanol–water partition coefficient (Wildman–Crippen LogP) is 5.14. The number of aliphatic hydroxyl groups excluding tert-OH is 1. The summed E-state index contributed by atoms with van der Waals surface area (Å²) < 4.78 is 7.58. The first kappa shape index (κ1) is 28.0. The van der Waals surface area contributed by atoms with E-state index < -0.39 is 0 Å². The average Bonchev–Trinajstić information content (AvgIpc) is 3.81. The number of aliphatic hydroxyl groups is 1. The first-order valence-corrected chi connectivity index (χ1v) is 15.8. The highest BCUT2D eigenvalue weighted by Gasteiger charge is 2.50. The Morgan fingerprint density at radius 1 is 1.19 bits per heavy atom. The molecule has 2 amide bonds. The fourth-order valence-corrected chi connectivity index (χ4v) is 7.91. The molecule has 0 radical (unpaired) electrons. The highest BCUT2D eigenvalue weighted by molar-refractivity contribution is 7.17. The van der Waals surface area contributed by atoms with Gasteiger partial charge in [-0.2, -0.15) is 0 Å². The zero-order valence-electron chi connectivity index (χ0n) is 24.0. The van der Waals surface area contributed by atoms with E-state index in [4.69, 9.17) is 9.40 Å². The second-order valence-electron chi connectivity index (χ2n) is 12.3. The molecule has 0 unspecified atom stereocenters. The number of fused-ring (bicyclic) bond motifs is 1. The van der Waals surface area contributed by atoms with Crippen LogP contribution < -0.4 is 10.6 Å². The molecule has 43 heavy (non-hydrogen) atoms. The highest BCUT2D eigenvalue weighted by Crippen LogP contribution is 2.55. The topological polar surface area (TPSA) is 126 Å². The largest absolute Gasteiger partial charge is 0.443 e. The number of nitrogens with one attached hydrogen (secondary N) is 2. The third-order valence-electron chi connectivity index (χ3n) is 9.40. The molecule has 7 rings (SSSR count). The van der Waals surface area contributed by atoms with Gasteiger partial charge in [0.15, 0.2) is 12.2 Å². The second-order valence-corrected chi connectivity index (χ2v) is 13.4. The van der Waals surface area contributed by atoms with Gasteiger partial charge < -0.3 is 24.3 Å². The first-order chi connectivity index (χ1) is 20.9. The fourth-order valence-electron chi connectivity index (χ4n) is 7.06. The zero-order chi connectivity index (χ0) is 29.6. The molecule has 4 heterocycles. The number of thiophene rings is 1. The molecule has 2 aliphatic carbocycles. The Bertz CT molecular complexity index is 1650. The van der Waals surface area contributed by atoms with E-state index in [1.807, 2.05) is 11.0 Å². The van der Waals surface area contributed by atoms with E-state index in [-0.39, 0.29) is 29.4 Å². The van der Waals surface area contributed by atoms with Crippen LogP contribution in [0.5, 0.6) is 0 Å². The van der Waals surface area contributed by atoms with Crippen molar-refractivity contribution in [1.29, 1.82) is 0 Å². The van der Waals surface area contributed by atoms with Crippen LogP contribution in [0.3, 0.4) is 0 Å². The standard InChI is InChI=1S/C32H36N6O4S/c1-2-29(40)37-12-11-32(18-37)14-22(15-32)38-25-8-3-20(16-34-21-4-6-23(39)7-5-21)13-24(25)35-31(38)36-30(41)28-10-9-27(43-28)26-17-33-19-42-26/h2-3,8-10,13,17,19,21-23,34,39H,1,4-7,11-12,14-16,18H2,(H,35,36,41)/t21-,22-,23-,32-. The van der Waals surface area contributed by atoms with Crippen LogP contribution in [0.25, 0.3) is 21.7 Å². The van der Waals surface area contributed by atoms with Crippen LogP contribution in [0.2, 0.25) is 0 Å². The second kappa shape index (κ2) is 11.4. The van der Waals surface area contributed by atoms with Crippen LogP contribution in [0.4, 0.5) is 5.95 Å². The fraction of sp³-hybridized carbons (Fsp3) is 0.438. The van der Waals surface area contributed by atoms with Crippen molar-refractivity contribution in [3.63, 3.8) is 0 Å². The van der Waals surface area contributed by atoms with E-state index in [0.29, 0.717) is 22.6 Å². The molecule has 1 aliphatic heterocycles. The maximum absolute atomic E-state index is 13.4. The van der Waals surface area contributed by atoms with Crippen LogP contribution in [-0.4, -0.2) is 61.6 Å². The number of hydrogen-bond acceptors (Lipinski definition) is 8. The number of aromatic nitrogens is 3. The molecular weight excluding hydrogens is 564 g/mol. The van der Waals surface area contributed by atoms with Gasteiger partial charge in [-0.05, 0) is 86.3 Å². The van der Waals surface area contributed by atoms with Gasteiger partial charge in [0.05, 0.1) is 33.1 Å². The molecule has 3 aromatic heterocycles. The van der Waals surface area contributed by atoms with Crippen molar-refractivity contribution < 1.29 is 19.1 Å². The normalized spacial score (nSPS) is 25.2. The summed E-state index contributed by atoms with van der Waals surface area (Å²) in [5.41, 5.74) is 3.07. The van der Waals surface area contributed by atoms with Crippen LogP contribution in [-0.2, 0) is 11.3 Å². The van der Waals surface area contributed by atoms with Crippen molar-refractivity contribution >= 4 is 40.1 Å². The van der Waals surface area contributed by atoms with Gasteiger partial charge in [-0.25, -0.2) is 9.97 Å². The number of rotatable bonds is 8. The molecule has 1 spiro atoms. The molecule has 0 bridgehead atoms. The summed E-state index contributed by atoms with van der Waals surface area (Å²) >= 11 is 1.35. The Balaban J connectivity index is 1.13. The van der Waals surface area contributed by atoms with Gasteiger partial charge >= 0.3 is 0 Å². The Kier molecular flexibility index (Phi) is 7.40. The van der Waals surface area contributed by atoms with Crippen LogP contribution in [0.15, 0.2) is 60.0 Å². The maximum atomic E-state index is 13.4. The van der Waals surface area contributed by atoms with Crippen molar-refractivity contribution in [1.82, 2.24) is 24.8 Å². The van der Waals surface area contributed by atoms with Crippen molar-refractivity contribution in [3.8, 4) is 10.6 Å². The minimum atomic E-state index is -0.216. The lowest BCUT2D eigenvalue weighted by atomic mass is 9.64. The predicted molar refractivity (Wildman–Crippen MR) is 165 cm³/mol. The van der Waals surface area contributed by atoms with Crippen LogP contribution in [0.1, 0.15) is 66.2 Å². The third-order valence-corrected chi connectivity index (χ3v) is 10.5. The minimum Gasteiger partial charge on any atom is -0.443 e. The number of hydrogen-bond donors (Lipinski definition) is 3. The summed E-state index contributed by atoms with van der Waals surface area (Å²) in [4.78, 5) is 37.9. The lowest BCUT2D eigenvalue weighted by Gasteiger charge is -2.46. The number of benzene rings is 1. The Morgan fingerprint density at radius 2 is 2.02 bits per heavy atom. The lowest BCUT2D eigenvalue weighted by molar-refractivity contribution is -0.125. The number of oxazole rings is 1. The summed E-state index contributed by atoms with van der Waals surface area (Å²) in [5.74, 6) is 0.943. The molecule has 1 saturated heterocycles. The Labute approximate surface area is 253 Å². The minimum absolute atomic E-state index is 0.00690. The van der Waals surface area contributed by atoms with Gasteiger partial charge in [-0.3, -0.25) is 14.9 Å². The monoisotopic (exact) mass is 600 g/mol. The zero-order valence-corrected chi connectivity index (χ0v) is 24.8. The van der Waals surface area contributed by atoms with E-state index in [2.05, 4.69) is 45.0 Å².